The van der Waals surface area contributed by atoms with Gasteiger partial charge in [0.2, 0.25) is 0 Å². The monoisotopic (exact) mass is 174 g/mol. The zero-order chi connectivity index (χ0) is 9.56. The van der Waals surface area contributed by atoms with Crippen molar-refractivity contribution in [3.63, 3.8) is 0 Å². The molecule has 1 atom stereocenters. The number of amides is 1. The largest absolute Gasteiger partial charge is 0.465 e. The van der Waals surface area contributed by atoms with Gasteiger partial charge in [0.15, 0.2) is 0 Å². The fourth-order valence-corrected chi connectivity index (χ4v) is 0.999. The van der Waals surface area contributed by atoms with Gasteiger partial charge in [-0.3, -0.25) is 4.90 Å². The molecule has 0 aromatic rings. The van der Waals surface area contributed by atoms with Crippen molar-refractivity contribution in [2.45, 2.75) is 32.4 Å². The maximum atomic E-state index is 10.3. The predicted molar refractivity (Wildman–Crippen MR) is 48.2 cm³/mol. The second-order valence-corrected chi connectivity index (χ2v) is 3.07. The van der Waals surface area contributed by atoms with Gasteiger partial charge in [-0.2, -0.15) is 0 Å². The van der Waals surface area contributed by atoms with E-state index in [0.717, 1.165) is 19.3 Å². The van der Waals surface area contributed by atoms with Crippen LogP contribution >= 0.6 is 0 Å². The summed E-state index contributed by atoms with van der Waals surface area (Å²) in [6.45, 7) is 2.09. The Morgan fingerprint density at radius 2 is 2.17 bits per heavy atom. The first-order valence-electron chi connectivity index (χ1n) is 4.23. The van der Waals surface area contributed by atoms with E-state index >= 15 is 0 Å². The first-order valence-corrected chi connectivity index (χ1v) is 4.23. The Morgan fingerprint density at radius 1 is 1.58 bits per heavy atom. The molecule has 2 N–H and O–H groups in total. The summed E-state index contributed by atoms with van der Waals surface area (Å²) in [6, 6.07) is 0. The lowest BCUT2D eigenvalue weighted by atomic mass is 10.2. The number of hydrogen-bond donors (Lipinski definition) is 2. The average molecular weight is 174 g/mol. The Balaban J connectivity index is 3.78. The SMILES string of the molecule is CCCCC(NC(=O)O)N(C)C. The molecule has 0 saturated heterocycles. The van der Waals surface area contributed by atoms with Crippen molar-refractivity contribution in [2.75, 3.05) is 14.1 Å². The Morgan fingerprint density at radius 3 is 2.50 bits per heavy atom. The summed E-state index contributed by atoms with van der Waals surface area (Å²) in [4.78, 5) is 12.2. The number of nitrogens with one attached hydrogen (secondary N) is 1. The van der Waals surface area contributed by atoms with Crippen LogP contribution < -0.4 is 5.32 Å². The van der Waals surface area contributed by atoms with Crippen LogP contribution in [0.3, 0.4) is 0 Å². The molecule has 0 aromatic carbocycles. The molecule has 12 heavy (non-hydrogen) atoms. The van der Waals surface area contributed by atoms with Crippen LogP contribution in [0.25, 0.3) is 0 Å². The molecular formula is C8H18N2O2. The Labute approximate surface area is 73.6 Å². The fraction of sp³-hybridized carbons (Fsp3) is 0.875. The Hall–Kier alpha value is -0.770. The van der Waals surface area contributed by atoms with E-state index in [1.54, 1.807) is 0 Å². The van der Waals surface area contributed by atoms with Gasteiger partial charge in [0.25, 0.3) is 0 Å². The molecule has 0 aliphatic heterocycles. The van der Waals surface area contributed by atoms with Crippen LogP contribution in [0, 0.1) is 0 Å². The second kappa shape index (κ2) is 5.83. The quantitative estimate of drug-likeness (QED) is 0.618. The smallest absolute Gasteiger partial charge is 0.405 e. The Bertz CT molecular complexity index is 137. The molecule has 4 heteroatoms. The van der Waals surface area contributed by atoms with Gasteiger partial charge < -0.3 is 10.4 Å². The molecule has 0 spiro atoms. The van der Waals surface area contributed by atoms with Crippen LogP contribution in [0.1, 0.15) is 26.2 Å². The van der Waals surface area contributed by atoms with E-state index in [0.29, 0.717) is 0 Å². The van der Waals surface area contributed by atoms with Crippen LogP contribution in [-0.4, -0.2) is 36.4 Å². The van der Waals surface area contributed by atoms with Gasteiger partial charge in [-0.1, -0.05) is 19.8 Å². The van der Waals surface area contributed by atoms with Crippen molar-refractivity contribution >= 4 is 6.09 Å². The van der Waals surface area contributed by atoms with Crippen LogP contribution in [0.4, 0.5) is 4.79 Å². The van der Waals surface area contributed by atoms with E-state index in [1.165, 1.54) is 0 Å². The summed E-state index contributed by atoms with van der Waals surface area (Å²) in [6.07, 6.45) is 2.00. The number of rotatable bonds is 5. The van der Waals surface area contributed by atoms with E-state index in [2.05, 4.69) is 12.2 Å². The van der Waals surface area contributed by atoms with Crippen molar-refractivity contribution in [1.82, 2.24) is 10.2 Å². The summed E-state index contributed by atoms with van der Waals surface area (Å²) in [5, 5.41) is 11.0. The maximum absolute atomic E-state index is 10.3. The number of carboxylic acid groups (broad SMARTS) is 1. The molecule has 0 radical (unpaired) electrons. The molecule has 0 rings (SSSR count). The average Bonchev–Trinajstić information content (AvgIpc) is 1.96. The molecule has 0 aliphatic rings. The normalized spacial score (nSPS) is 13.0. The van der Waals surface area contributed by atoms with Crippen LogP contribution in [-0.2, 0) is 0 Å². The van der Waals surface area contributed by atoms with Crippen LogP contribution in [0.5, 0.6) is 0 Å². The summed E-state index contributed by atoms with van der Waals surface area (Å²) in [5.41, 5.74) is 0. The van der Waals surface area contributed by atoms with E-state index in [9.17, 15) is 4.79 Å². The topological polar surface area (TPSA) is 52.6 Å². The summed E-state index contributed by atoms with van der Waals surface area (Å²) in [5.74, 6) is 0. The zero-order valence-corrected chi connectivity index (χ0v) is 8.00. The van der Waals surface area contributed by atoms with Crippen LogP contribution in [0.2, 0.25) is 0 Å². The third-order valence-electron chi connectivity index (χ3n) is 1.74. The molecule has 1 unspecified atom stereocenters. The minimum atomic E-state index is -0.954. The third-order valence-corrected chi connectivity index (χ3v) is 1.74. The van der Waals surface area contributed by atoms with Gasteiger partial charge >= 0.3 is 6.09 Å². The van der Waals surface area contributed by atoms with E-state index < -0.39 is 6.09 Å². The lowest BCUT2D eigenvalue weighted by Crippen LogP contribution is -2.43. The lowest BCUT2D eigenvalue weighted by molar-refractivity contribution is 0.165. The van der Waals surface area contributed by atoms with E-state index in [4.69, 9.17) is 5.11 Å². The third kappa shape index (κ3) is 4.96. The maximum Gasteiger partial charge on any atom is 0.405 e. The molecule has 4 nitrogen and oxygen atoms in total. The van der Waals surface area contributed by atoms with E-state index in [1.807, 2.05) is 19.0 Å². The summed E-state index contributed by atoms with van der Waals surface area (Å²) < 4.78 is 0. The highest BCUT2D eigenvalue weighted by Gasteiger charge is 2.11. The van der Waals surface area contributed by atoms with Crippen molar-refractivity contribution in [3.8, 4) is 0 Å². The standard InChI is InChI=1S/C8H18N2O2/c1-4-5-6-7(10(2)3)9-8(11)12/h7,9H,4-6H2,1-3H3,(H,11,12). The highest BCUT2D eigenvalue weighted by molar-refractivity contribution is 5.64. The van der Waals surface area contributed by atoms with Gasteiger partial charge in [0.1, 0.15) is 0 Å². The van der Waals surface area contributed by atoms with Gasteiger partial charge in [-0.15, -0.1) is 0 Å². The number of hydrogen-bond acceptors (Lipinski definition) is 2. The first kappa shape index (κ1) is 11.2. The van der Waals surface area contributed by atoms with Crippen molar-refractivity contribution in [3.05, 3.63) is 0 Å². The van der Waals surface area contributed by atoms with Gasteiger partial charge in [0.05, 0.1) is 6.17 Å². The lowest BCUT2D eigenvalue weighted by Gasteiger charge is -2.23. The minimum Gasteiger partial charge on any atom is -0.465 e. The molecule has 0 heterocycles. The molecule has 1 amide bonds. The number of nitrogens with zero attached hydrogens (tertiary/aromatic N) is 1. The molecule has 0 fully saturated rings. The highest BCUT2D eigenvalue weighted by atomic mass is 16.4. The number of carbonyl (C=O) groups is 1. The predicted octanol–water partition coefficient (Wildman–Crippen LogP) is 1.33. The molecule has 0 aromatic heterocycles. The molecule has 72 valence electrons. The van der Waals surface area contributed by atoms with Crippen molar-refractivity contribution in [2.24, 2.45) is 0 Å². The van der Waals surface area contributed by atoms with Crippen LogP contribution in [0.15, 0.2) is 0 Å². The van der Waals surface area contributed by atoms with Gasteiger partial charge in [0, 0.05) is 0 Å². The fourth-order valence-electron chi connectivity index (χ4n) is 0.999. The molecule has 0 bridgehead atoms. The van der Waals surface area contributed by atoms with E-state index in [-0.39, 0.29) is 6.17 Å². The van der Waals surface area contributed by atoms with Crippen molar-refractivity contribution < 1.29 is 9.90 Å². The first-order chi connectivity index (χ1) is 5.57. The zero-order valence-electron chi connectivity index (χ0n) is 8.00. The van der Waals surface area contributed by atoms with Gasteiger partial charge in [-0.25, -0.2) is 4.79 Å². The molecular weight excluding hydrogens is 156 g/mol. The summed E-state index contributed by atoms with van der Waals surface area (Å²) in [7, 11) is 3.74. The molecule has 0 aliphatic carbocycles. The second-order valence-electron chi connectivity index (χ2n) is 3.07. The molecule has 0 saturated carbocycles. The van der Waals surface area contributed by atoms with Gasteiger partial charge in [-0.05, 0) is 20.5 Å². The summed E-state index contributed by atoms with van der Waals surface area (Å²) >= 11 is 0. The Kier molecular flexibility index (Phi) is 5.45. The highest BCUT2D eigenvalue weighted by Crippen LogP contribution is 2.02. The van der Waals surface area contributed by atoms with Crippen molar-refractivity contribution in [1.29, 1.82) is 0 Å². The number of unbranched alkanes of at least 4 members (excludes halogenated alkanes) is 1. The minimum absolute atomic E-state index is 0.0533.